The SMILES string of the molecule is CCOC(=O)C(=O)N(CCO)C1CCCCC1. The molecule has 0 spiro atoms. The van der Waals surface area contributed by atoms with Gasteiger partial charge in [-0.15, -0.1) is 0 Å². The van der Waals surface area contributed by atoms with Gasteiger partial charge in [0.05, 0.1) is 13.2 Å². The number of esters is 1. The third-order valence-corrected chi connectivity index (χ3v) is 3.07. The molecule has 0 aromatic carbocycles. The summed E-state index contributed by atoms with van der Waals surface area (Å²) in [5.41, 5.74) is 0. The number of aliphatic hydroxyl groups excluding tert-OH is 1. The first kappa shape index (κ1) is 14.0. The molecular weight excluding hydrogens is 222 g/mol. The molecule has 5 heteroatoms. The van der Waals surface area contributed by atoms with Gasteiger partial charge in [-0.1, -0.05) is 19.3 Å². The zero-order chi connectivity index (χ0) is 12.7. The first-order valence-corrected chi connectivity index (χ1v) is 6.29. The van der Waals surface area contributed by atoms with Crippen LogP contribution in [0, 0.1) is 0 Å². The molecule has 1 rings (SSSR count). The van der Waals surface area contributed by atoms with Gasteiger partial charge in [0.1, 0.15) is 0 Å². The number of rotatable bonds is 4. The summed E-state index contributed by atoms with van der Waals surface area (Å²) in [5.74, 6) is -1.43. The zero-order valence-corrected chi connectivity index (χ0v) is 10.4. The van der Waals surface area contributed by atoms with Crippen molar-refractivity contribution in [3.63, 3.8) is 0 Å². The average molecular weight is 243 g/mol. The van der Waals surface area contributed by atoms with Crippen LogP contribution in [0.3, 0.4) is 0 Å². The largest absolute Gasteiger partial charge is 0.459 e. The van der Waals surface area contributed by atoms with Gasteiger partial charge in [0.15, 0.2) is 0 Å². The molecule has 0 radical (unpaired) electrons. The number of carbonyl (C=O) groups excluding carboxylic acids is 2. The van der Waals surface area contributed by atoms with Crippen LogP contribution in [-0.2, 0) is 14.3 Å². The van der Waals surface area contributed by atoms with Crippen LogP contribution in [0.25, 0.3) is 0 Å². The lowest BCUT2D eigenvalue weighted by Gasteiger charge is -2.33. The number of aliphatic hydroxyl groups is 1. The van der Waals surface area contributed by atoms with Gasteiger partial charge in [-0.2, -0.15) is 0 Å². The Morgan fingerprint density at radius 1 is 1.29 bits per heavy atom. The van der Waals surface area contributed by atoms with Crippen LogP contribution < -0.4 is 0 Å². The molecule has 0 aliphatic heterocycles. The highest BCUT2D eigenvalue weighted by Crippen LogP contribution is 2.22. The molecule has 0 bridgehead atoms. The Hall–Kier alpha value is -1.10. The van der Waals surface area contributed by atoms with Crippen LogP contribution in [0.2, 0.25) is 0 Å². The average Bonchev–Trinajstić information content (AvgIpc) is 2.36. The van der Waals surface area contributed by atoms with Crippen LogP contribution in [0.1, 0.15) is 39.0 Å². The molecule has 5 nitrogen and oxygen atoms in total. The Kier molecular flexibility index (Phi) is 5.97. The Balaban J connectivity index is 2.62. The van der Waals surface area contributed by atoms with Crippen molar-refractivity contribution in [3.8, 4) is 0 Å². The maximum absolute atomic E-state index is 11.9. The van der Waals surface area contributed by atoms with E-state index in [1.165, 1.54) is 11.3 Å². The van der Waals surface area contributed by atoms with Gasteiger partial charge in [-0.25, -0.2) is 4.79 Å². The van der Waals surface area contributed by atoms with Crippen molar-refractivity contribution in [1.29, 1.82) is 0 Å². The van der Waals surface area contributed by atoms with Crippen molar-refractivity contribution in [1.82, 2.24) is 4.90 Å². The van der Waals surface area contributed by atoms with Gasteiger partial charge in [0.2, 0.25) is 0 Å². The fourth-order valence-corrected chi connectivity index (χ4v) is 2.26. The smallest absolute Gasteiger partial charge is 0.397 e. The second kappa shape index (κ2) is 7.27. The Bertz CT molecular complexity index is 261. The highest BCUT2D eigenvalue weighted by atomic mass is 16.5. The third-order valence-electron chi connectivity index (χ3n) is 3.07. The second-order valence-electron chi connectivity index (χ2n) is 4.23. The van der Waals surface area contributed by atoms with Crippen LogP contribution >= 0.6 is 0 Å². The summed E-state index contributed by atoms with van der Waals surface area (Å²) < 4.78 is 4.71. The van der Waals surface area contributed by atoms with E-state index in [1.54, 1.807) is 6.92 Å². The first-order valence-electron chi connectivity index (χ1n) is 6.29. The molecule has 0 saturated heterocycles. The lowest BCUT2D eigenvalue weighted by atomic mass is 9.94. The highest BCUT2D eigenvalue weighted by Gasteiger charge is 2.29. The predicted molar refractivity (Wildman–Crippen MR) is 62.3 cm³/mol. The molecule has 1 amide bonds. The summed E-state index contributed by atoms with van der Waals surface area (Å²) in [7, 11) is 0. The van der Waals surface area contributed by atoms with Crippen molar-refractivity contribution in [2.24, 2.45) is 0 Å². The van der Waals surface area contributed by atoms with Gasteiger partial charge in [0, 0.05) is 12.6 Å². The molecule has 98 valence electrons. The van der Waals surface area contributed by atoms with Crippen LogP contribution in [0.15, 0.2) is 0 Å². The third kappa shape index (κ3) is 4.00. The summed E-state index contributed by atoms with van der Waals surface area (Å²) in [4.78, 5) is 24.7. The maximum Gasteiger partial charge on any atom is 0.397 e. The topological polar surface area (TPSA) is 66.8 Å². The van der Waals surface area contributed by atoms with Crippen LogP contribution in [-0.4, -0.2) is 47.7 Å². The molecule has 17 heavy (non-hydrogen) atoms. The number of amides is 1. The Morgan fingerprint density at radius 2 is 1.94 bits per heavy atom. The predicted octanol–water partition coefficient (Wildman–Crippen LogP) is 0.703. The minimum atomic E-state index is -0.813. The molecule has 0 aromatic rings. The molecule has 1 aliphatic rings. The number of carbonyl (C=O) groups is 2. The molecule has 1 fully saturated rings. The van der Waals surface area contributed by atoms with E-state index in [2.05, 4.69) is 0 Å². The molecule has 0 aromatic heterocycles. The lowest BCUT2D eigenvalue weighted by Crippen LogP contribution is -2.46. The number of hydrogen-bond donors (Lipinski definition) is 1. The summed E-state index contributed by atoms with van der Waals surface area (Å²) in [6.07, 6.45) is 5.14. The minimum Gasteiger partial charge on any atom is -0.459 e. The quantitative estimate of drug-likeness (QED) is 0.583. The van der Waals surface area contributed by atoms with E-state index in [4.69, 9.17) is 9.84 Å². The van der Waals surface area contributed by atoms with Gasteiger partial charge >= 0.3 is 11.9 Å². The fourth-order valence-electron chi connectivity index (χ4n) is 2.26. The van der Waals surface area contributed by atoms with Crippen molar-refractivity contribution >= 4 is 11.9 Å². The fraction of sp³-hybridized carbons (Fsp3) is 0.833. The zero-order valence-electron chi connectivity index (χ0n) is 10.4. The Morgan fingerprint density at radius 3 is 2.47 bits per heavy atom. The van der Waals surface area contributed by atoms with E-state index in [-0.39, 0.29) is 25.8 Å². The molecular formula is C12H21NO4. The van der Waals surface area contributed by atoms with Crippen molar-refractivity contribution in [2.75, 3.05) is 19.8 Å². The van der Waals surface area contributed by atoms with Gasteiger partial charge < -0.3 is 14.7 Å². The number of ether oxygens (including phenoxy) is 1. The highest BCUT2D eigenvalue weighted by molar-refractivity contribution is 6.32. The van der Waals surface area contributed by atoms with Crippen LogP contribution in [0.4, 0.5) is 0 Å². The molecule has 1 saturated carbocycles. The van der Waals surface area contributed by atoms with E-state index in [0.717, 1.165) is 25.7 Å². The van der Waals surface area contributed by atoms with Gasteiger partial charge in [0.25, 0.3) is 0 Å². The number of hydrogen-bond acceptors (Lipinski definition) is 4. The molecule has 1 aliphatic carbocycles. The van der Waals surface area contributed by atoms with E-state index < -0.39 is 11.9 Å². The molecule has 1 N–H and O–H groups in total. The normalized spacial score (nSPS) is 16.6. The van der Waals surface area contributed by atoms with E-state index in [0.29, 0.717) is 0 Å². The van der Waals surface area contributed by atoms with E-state index in [9.17, 15) is 9.59 Å². The van der Waals surface area contributed by atoms with E-state index in [1.807, 2.05) is 0 Å². The van der Waals surface area contributed by atoms with Gasteiger partial charge in [-0.05, 0) is 19.8 Å². The molecule has 0 heterocycles. The summed E-state index contributed by atoms with van der Waals surface area (Å²) in [6, 6.07) is 0.0767. The summed E-state index contributed by atoms with van der Waals surface area (Å²) in [5, 5.41) is 8.98. The first-order chi connectivity index (χ1) is 8.20. The van der Waals surface area contributed by atoms with Crippen molar-refractivity contribution in [3.05, 3.63) is 0 Å². The molecule has 0 unspecified atom stereocenters. The van der Waals surface area contributed by atoms with Gasteiger partial charge in [-0.3, -0.25) is 4.79 Å². The van der Waals surface area contributed by atoms with E-state index >= 15 is 0 Å². The molecule has 0 atom stereocenters. The monoisotopic (exact) mass is 243 g/mol. The number of nitrogens with zero attached hydrogens (tertiary/aromatic N) is 1. The Labute approximate surface area is 102 Å². The van der Waals surface area contributed by atoms with Crippen molar-refractivity contribution in [2.45, 2.75) is 45.1 Å². The maximum atomic E-state index is 11.9. The summed E-state index contributed by atoms with van der Waals surface area (Å²) in [6.45, 7) is 1.95. The lowest BCUT2D eigenvalue weighted by molar-refractivity contribution is -0.161. The minimum absolute atomic E-state index is 0.0767. The second-order valence-corrected chi connectivity index (χ2v) is 4.23. The summed E-state index contributed by atoms with van der Waals surface area (Å²) >= 11 is 0. The van der Waals surface area contributed by atoms with Crippen LogP contribution in [0.5, 0.6) is 0 Å². The van der Waals surface area contributed by atoms with Crippen molar-refractivity contribution < 1.29 is 19.4 Å². The standard InChI is InChI=1S/C12H21NO4/c1-2-17-12(16)11(15)13(8-9-14)10-6-4-3-5-7-10/h10,14H,2-9H2,1H3.